The van der Waals surface area contributed by atoms with E-state index in [0.29, 0.717) is 29.2 Å². The molecule has 0 saturated carbocycles. The highest BCUT2D eigenvalue weighted by Crippen LogP contribution is 2.60. The molecule has 4 aliphatic heterocycles. The summed E-state index contributed by atoms with van der Waals surface area (Å²) in [5.74, 6) is 0.844. The third-order valence-electron chi connectivity index (χ3n) is 9.79. The molecule has 0 fully saturated rings. The van der Waals surface area contributed by atoms with Crippen LogP contribution in [0.25, 0.3) is 0 Å². The van der Waals surface area contributed by atoms with Crippen LogP contribution in [0.5, 0.6) is 11.5 Å². The molecule has 4 aromatic rings. The maximum Gasteiger partial charge on any atom is 0.340 e. The molecule has 0 aliphatic carbocycles. The Balaban J connectivity index is 1.27. The zero-order chi connectivity index (χ0) is 30.9. The molecular weight excluding hydrogens is 588 g/mol. The van der Waals surface area contributed by atoms with E-state index in [1.807, 2.05) is 72.6 Å². The summed E-state index contributed by atoms with van der Waals surface area (Å²) in [7, 11) is 3.37. The van der Waals surface area contributed by atoms with Crippen LogP contribution in [0.3, 0.4) is 0 Å². The Morgan fingerprint density at radius 3 is 2.58 bits per heavy atom. The van der Waals surface area contributed by atoms with Crippen LogP contribution in [0.4, 0.5) is 17.1 Å². The molecule has 1 atom stereocenters. The summed E-state index contributed by atoms with van der Waals surface area (Å²) in [6.07, 6.45) is 4.98. The van der Waals surface area contributed by atoms with Crippen molar-refractivity contribution in [3.8, 4) is 11.5 Å². The summed E-state index contributed by atoms with van der Waals surface area (Å²) in [6, 6.07) is 21.8. The van der Waals surface area contributed by atoms with Gasteiger partial charge in [-0.15, -0.1) is 0 Å². The highest BCUT2D eigenvalue weighted by molar-refractivity contribution is 6.33. The van der Waals surface area contributed by atoms with Crippen LogP contribution in [0, 0.1) is 0 Å². The molecule has 0 saturated heterocycles. The summed E-state index contributed by atoms with van der Waals surface area (Å²) in [5.41, 5.74) is 8.35. The lowest BCUT2D eigenvalue weighted by atomic mass is 9.74. The Labute approximate surface area is 267 Å². The summed E-state index contributed by atoms with van der Waals surface area (Å²) >= 11 is 7.10. The highest BCUT2D eigenvalue weighted by Gasteiger charge is 2.55. The smallest absolute Gasteiger partial charge is 0.340 e. The highest BCUT2D eigenvalue weighted by atomic mass is 35.5. The van der Waals surface area contributed by atoms with E-state index in [9.17, 15) is 9.59 Å². The molecule has 0 aromatic heterocycles. The molecule has 7 nitrogen and oxygen atoms in total. The van der Waals surface area contributed by atoms with Gasteiger partial charge in [0.25, 0.3) is 0 Å². The predicted molar refractivity (Wildman–Crippen MR) is 173 cm³/mol. The van der Waals surface area contributed by atoms with E-state index in [-0.39, 0.29) is 11.9 Å². The lowest BCUT2D eigenvalue weighted by Gasteiger charge is -2.43. The number of methoxy groups -OCH3 is 1. The number of nitrogens with zero attached hydrogens (tertiary/aromatic N) is 2. The molecule has 4 aliphatic rings. The predicted octanol–water partition coefficient (Wildman–Crippen LogP) is 7.48. The Hall–Kier alpha value is -4.49. The summed E-state index contributed by atoms with van der Waals surface area (Å²) in [4.78, 5) is 29.6. The van der Waals surface area contributed by atoms with E-state index in [2.05, 4.69) is 11.0 Å². The molecule has 8 heteroatoms. The molecule has 0 bridgehead atoms. The maximum atomic E-state index is 13.5. The Kier molecular flexibility index (Phi) is 6.57. The van der Waals surface area contributed by atoms with Crippen molar-refractivity contribution >= 4 is 40.6 Å². The lowest BCUT2D eigenvalue weighted by molar-refractivity contribution is -0.140. The minimum Gasteiger partial charge on any atom is -0.469 e. The molecule has 0 N–H and O–H groups in total. The van der Waals surface area contributed by atoms with Crippen LogP contribution in [0.1, 0.15) is 63.0 Å². The van der Waals surface area contributed by atoms with Crippen LogP contribution < -0.4 is 14.5 Å². The number of ether oxygens (including phenoxy) is 3. The lowest BCUT2D eigenvalue weighted by Crippen LogP contribution is -2.38. The second kappa shape index (κ2) is 10.6. The van der Waals surface area contributed by atoms with Crippen LogP contribution in [-0.2, 0) is 39.1 Å². The van der Waals surface area contributed by atoms with Crippen molar-refractivity contribution in [2.24, 2.45) is 0 Å². The Morgan fingerprint density at radius 1 is 1.00 bits per heavy atom. The van der Waals surface area contributed by atoms with Crippen molar-refractivity contribution < 1.29 is 23.8 Å². The summed E-state index contributed by atoms with van der Waals surface area (Å²) < 4.78 is 18.2. The fourth-order valence-corrected chi connectivity index (χ4v) is 7.90. The third-order valence-corrected chi connectivity index (χ3v) is 10.1. The molecule has 4 heterocycles. The van der Waals surface area contributed by atoms with Gasteiger partial charge >= 0.3 is 11.9 Å². The quantitative estimate of drug-likeness (QED) is 0.214. The van der Waals surface area contributed by atoms with Crippen LogP contribution >= 0.6 is 11.6 Å². The second-order valence-corrected chi connectivity index (χ2v) is 12.7. The van der Waals surface area contributed by atoms with E-state index >= 15 is 0 Å². The Bertz CT molecular complexity index is 1890. The molecule has 0 radical (unpaired) electrons. The van der Waals surface area contributed by atoms with Gasteiger partial charge in [-0.05, 0) is 73.6 Å². The molecule has 0 amide bonds. The number of carbonyl (C=O) groups is 2. The first-order valence-corrected chi connectivity index (χ1v) is 15.9. The molecular formula is C37H33ClN2O5. The third kappa shape index (κ3) is 4.24. The zero-order valence-corrected chi connectivity index (χ0v) is 26.1. The van der Waals surface area contributed by atoms with Gasteiger partial charge in [0, 0.05) is 66.3 Å². The fourth-order valence-electron chi connectivity index (χ4n) is 7.61. The summed E-state index contributed by atoms with van der Waals surface area (Å²) in [5, 5.41) is 0.517. The largest absolute Gasteiger partial charge is 0.469 e. The number of aryl methyl sites for hydroxylation is 2. The van der Waals surface area contributed by atoms with Gasteiger partial charge in [0.2, 0.25) is 0 Å². The van der Waals surface area contributed by atoms with E-state index in [4.69, 9.17) is 25.8 Å². The maximum absolute atomic E-state index is 13.5. The van der Waals surface area contributed by atoms with Gasteiger partial charge < -0.3 is 24.0 Å². The molecule has 228 valence electrons. The molecule has 1 unspecified atom stereocenters. The minimum absolute atomic E-state index is 0.227. The van der Waals surface area contributed by atoms with Crippen molar-refractivity contribution in [2.45, 2.75) is 44.1 Å². The van der Waals surface area contributed by atoms with E-state index in [0.717, 1.165) is 78.2 Å². The molecule has 1 spiro atoms. The molecule has 8 rings (SSSR count). The van der Waals surface area contributed by atoms with Gasteiger partial charge in [-0.2, -0.15) is 0 Å². The zero-order valence-electron chi connectivity index (χ0n) is 25.3. The van der Waals surface area contributed by atoms with Crippen molar-refractivity contribution in [3.05, 3.63) is 111 Å². The first kappa shape index (κ1) is 28.0. The Morgan fingerprint density at radius 2 is 1.78 bits per heavy atom. The van der Waals surface area contributed by atoms with Crippen molar-refractivity contribution in [3.63, 3.8) is 0 Å². The average Bonchev–Trinajstić information content (AvgIpc) is 3.37. The van der Waals surface area contributed by atoms with E-state index in [1.54, 1.807) is 0 Å². The number of hydrogen-bond donors (Lipinski definition) is 0. The van der Waals surface area contributed by atoms with Crippen LogP contribution in [0.15, 0.2) is 66.7 Å². The number of fused-ring (bicyclic) bond motifs is 7. The SMILES string of the molecule is COC(=O)CCc1ccc(N(C)c2cc3c(cc2Cl)C2(OC(=O)c4ccccc42)c2cc4c5c(c2O3)CCCN5CCC4)cc1. The van der Waals surface area contributed by atoms with Crippen molar-refractivity contribution in [1.29, 1.82) is 0 Å². The number of benzene rings is 4. The number of hydrogen-bond acceptors (Lipinski definition) is 7. The van der Waals surface area contributed by atoms with Crippen LogP contribution in [-0.4, -0.2) is 39.2 Å². The standard InChI is InChI=1S/C37H33ClN2O5/c1-39(24-14-11-22(12-15-24)13-16-33(41)43-2)31-21-32-28(20-30(31)38)37(27-10-4-3-8-25(27)36(42)45-37)29-19-23-7-5-17-40-18-6-9-26(34(23)40)35(29)44-32/h3-4,8,10-12,14-15,19-21H,5-7,9,13,16-18H2,1-2H3. The van der Waals surface area contributed by atoms with Gasteiger partial charge in [0.05, 0.1) is 23.4 Å². The molecule has 4 aromatic carbocycles. The number of esters is 2. The fraction of sp³-hybridized carbons (Fsp3) is 0.297. The van der Waals surface area contributed by atoms with E-state index in [1.165, 1.54) is 23.9 Å². The van der Waals surface area contributed by atoms with Crippen molar-refractivity contribution in [2.75, 3.05) is 37.0 Å². The normalized spacial score (nSPS) is 18.7. The van der Waals surface area contributed by atoms with Gasteiger partial charge in [-0.25, -0.2) is 4.79 Å². The number of anilines is 3. The summed E-state index contributed by atoms with van der Waals surface area (Å²) in [6.45, 7) is 2.09. The van der Waals surface area contributed by atoms with Crippen LogP contribution in [0.2, 0.25) is 5.02 Å². The average molecular weight is 621 g/mol. The first-order chi connectivity index (χ1) is 21.9. The van der Waals surface area contributed by atoms with Gasteiger partial charge in [0.15, 0.2) is 5.60 Å². The van der Waals surface area contributed by atoms with Gasteiger partial charge in [-0.1, -0.05) is 41.9 Å². The first-order valence-electron chi connectivity index (χ1n) is 15.6. The second-order valence-electron chi connectivity index (χ2n) is 12.3. The topological polar surface area (TPSA) is 68.3 Å². The number of halogens is 1. The molecule has 45 heavy (non-hydrogen) atoms. The van der Waals surface area contributed by atoms with Crippen molar-refractivity contribution in [1.82, 2.24) is 0 Å². The number of carbonyl (C=O) groups excluding carboxylic acids is 2. The van der Waals surface area contributed by atoms with E-state index < -0.39 is 5.60 Å². The van der Waals surface area contributed by atoms with Gasteiger partial charge in [0.1, 0.15) is 11.5 Å². The minimum atomic E-state index is -1.16. The monoisotopic (exact) mass is 620 g/mol. The van der Waals surface area contributed by atoms with Gasteiger partial charge in [-0.3, -0.25) is 4.79 Å². The number of rotatable bonds is 5.